The molecule has 76 valence electrons. The Bertz CT molecular complexity index is 338. The Balaban J connectivity index is 2.82. The van der Waals surface area contributed by atoms with Crippen LogP contribution in [0.25, 0.3) is 0 Å². The molecule has 1 rings (SSSR count). The number of aromatic hydroxyl groups is 1. The van der Waals surface area contributed by atoms with E-state index in [1.54, 1.807) is 0 Å². The first-order valence-electron chi connectivity index (χ1n) is 4.15. The average molecular weight is 197 g/mol. The van der Waals surface area contributed by atoms with Crippen LogP contribution in [0.1, 0.15) is 12.1 Å². The SMILES string of the molecule is O=C([O-])CC[n+]1cc(O)ccc1CO. The maximum atomic E-state index is 10.2. The van der Waals surface area contributed by atoms with Crippen molar-refractivity contribution < 1.29 is 24.7 Å². The van der Waals surface area contributed by atoms with E-state index in [0.29, 0.717) is 5.69 Å². The van der Waals surface area contributed by atoms with E-state index < -0.39 is 5.97 Å². The average Bonchev–Trinajstić information content (AvgIpc) is 2.15. The summed E-state index contributed by atoms with van der Waals surface area (Å²) in [6.07, 6.45) is 1.22. The lowest BCUT2D eigenvalue weighted by Crippen LogP contribution is -2.40. The second-order valence-electron chi connectivity index (χ2n) is 2.85. The summed E-state index contributed by atoms with van der Waals surface area (Å²) in [7, 11) is 0. The van der Waals surface area contributed by atoms with Gasteiger partial charge >= 0.3 is 0 Å². The van der Waals surface area contributed by atoms with Gasteiger partial charge in [-0.25, -0.2) is 0 Å². The van der Waals surface area contributed by atoms with Crippen molar-refractivity contribution in [3.8, 4) is 5.75 Å². The number of rotatable bonds is 4. The Hall–Kier alpha value is -1.62. The van der Waals surface area contributed by atoms with Gasteiger partial charge in [0.1, 0.15) is 6.61 Å². The predicted molar refractivity (Wildman–Crippen MR) is 43.8 cm³/mol. The van der Waals surface area contributed by atoms with Crippen molar-refractivity contribution in [2.45, 2.75) is 19.6 Å². The molecule has 0 bridgehead atoms. The number of pyridine rings is 1. The lowest BCUT2D eigenvalue weighted by molar-refractivity contribution is -0.705. The summed E-state index contributed by atoms with van der Waals surface area (Å²) in [6, 6.07) is 2.96. The first-order chi connectivity index (χ1) is 6.63. The number of nitrogens with zero attached hydrogens (tertiary/aromatic N) is 1. The fourth-order valence-electron chi connectivity index (χ4n) is 1.13. The Labute approximate surface area is 80.9 Å². The van der Waals surface area contributed by atoms with E-state index in [9.17, 15) is 9.90 Å². The van der Waals surface area contributed by atoms with Gasteiger partial charge < -0.3 is 20.1 Å². The summed E-state index contributed by atoms with van der Waals surface area (Å²) >= 11 is 0. The van der Waals surface area contributed by atoms with Crippen LogP contribution in [0.2, 0.25) is 0 Å². The van der Waals surface area contributed by atoms with Gasteiger partial charge in [0.15, 0.2) is 12.3 Å². The molecule has 0 saturated carbocycles. The minimum absolute atomic E-state index is 0.0283. The van der Waals surface area contributed by atoms with Gasteiger partial charge in [-0.1, -0.05) is 0 Å². The smallest absolute Gasteiger partial charge is 0.211 e. The molecule has 0 atom stereocenters. The van der Waals surface area contributed by atoms with Crippen molar-refractivity contribution in [2.24, 2.45) is 0 Å². The zero-order valence-electron chi connectivity index (χ0n) is 7.51. The minimum Gasteiger partial charge on any atom is -0.550 e. The molecule has 0 saturated heterocycles. The summed E-state index contributed by atoms with van der Waals surface area (Å²) in [4.78, 5) is 10.2. The molecule has 14 heavy (non-hydrogen) atoms. The predicted octanol–water partition coefficient (Wildman–Crippen LogP) is -1.69. The molecular formula is C9H11NO4. The molecule has 5 heteroatoms. The van der Waals surface area contributed by atoms with Crippen LogP contribution in [0.5, 0.6) is 5.75 Å². The van der Waals surface area contributed by atoms with Crippen molar-refractivity contribution in [3.05, 3.63) is 24.0 Å². The Morgan fingerprint density at radius 1 is 1.50 bits per heavy atom. The number of hydrogen-bond donors (Lipinski definition) is 2. The van der Waals surface area contributed by atoms with Crippen LogP contribution in [0.4, 0.5) is 0 Å². The van der Waals surface area contributed by atoms with Crippen LogP contribution >= 0.6 is 0 Å². The van der Waals surface area contributed by atoms with Crippen molar-refractivity contribution in [1.82, 2.24) is 0 Å². The quantitative estimate of drug-likeness (QED) is 0.564. The number of carbonyl (C=O) groups excluding carboxylic acids is 1. The highest BCUT2D eigenvalue weighted by atomic mass is 16.4. The second-order valence-corrected chi connectivity index (χ2v) is 2.85. The van der Waals surface area contributed by atoms with Crippen LogP contribution in [-0.2, 0) is 17.9 Å². The van der Waals surface area contributed by atoms with Gasteiger partial charge in [-0.05, 0) is 6.07 Å². The van der Waals surface area contributed by atoms with Gasteiger partial charge in [0.2, 0.25) is 11.9 Å². The maximum absolute atomic E-state index is 10.2. The van der Waals surface area contributed by atoms with Crippen molar-refractivity contribution in [1.29, 1.82) is 0 Å². The molecule has 2 N–H and O–H groups in total. The Morgan fingerprint density at radius 3 is 2.79 bits per heavy atom. The molecule has 0 spiro atoms. The van der Waals surface area contributed by atoms with E-state index in [1.807, 2.05) is 0 Å². The van der Waals surface area contributed by atoms with Crippen molar-refractivity contribution >= 4 is 5.97 Å². The maximum Gasteiger partial charge on any atom is 0.211 e. The lowest BCUT2D eigenvalue weighted by atomic mass is 10.3. The highest BCUT2D eigenvalue weighted by Gasteiger charge is 2.10. The van der Waals surface area contributed by atoms with Gasteiger partial charge in [-0.2, -0.15) is 4.57 Å². The number of aliphatic hydroxyl groups is 1. The Kier molecular flexibility index (Phi) is 3.41. The monoisotopic (exact) mass is 197 g/mol. The molecule has 1 aromatic rings. The molecule has 0 aromatic carbocycles. The normalized spacial score (nSPS) is 10.1. The first kappa shape index (κ1) is 10.5. The van der Waals surface area contributed by atoms with E-state index in [2.05, 4.69) is 0 Å². The van der Waals surface area contributed by atoms with Gasteiger partial charge in [-0.3, -0.25) is 0 Å². The number of carboxylic acids is 1. The van der Waals surface area contributed by atoms with Crippen LogP contribution in [0.3, 0.4) is 0 Å². The lowest BCUT2D eigenvalue weighted by Gasteiger charge is -2.02. The van der Waals surface area contributed by atoms with Crippen LogP contribution < -0.4 is 9.67 Å². The molecule has 0 amide bonds. The third-order valence-corrected chi connectivity index (χ3v) is 1.82. The van der Waals surface area contributed by atoms with Crippen LogP contribution in [0.15, 0.2) is 18.3 Å². The fourth-order valence-corrected chi connectivity index (χ4v) is 1.13. The highest BCUT2D eigenvalue weighted by Crippen LogP contribution is 2.04. The second kappa shape index (κ2) is 4.57. The summed E-state index contributed by atoms with van der Waals surface area (Å²) < 4.78 is 1.48. The molecule has 0 radical (unpaired) electrons. The zero-order valence-corrected chi connectivity index (χ0v) is 7.51. The minimum atomic E-state index is -1.16. The molecule has 0 aliphatic carbocycles. The zero-order chi connectivity index (χ0) is 10.6. The van der Waals surface area contributed by atoms with Gasteiger partial charge in [-0.15, -0.1) is 0 Å². The molecule has 0 unspecified atom stereocenters. The van der Waals surface area contributed by atoms with E-state index in [1.165, 1.54) is 22.9 Å². The van der Waals surface area contributed by atoms with E-state index in [4.69, 9.17) is 10.2 Å². The summed E-state index contributed by atoms with van der Waals surface area (Å²) in [5.74, 6) is -1.13. The van der Waals surface area contributed by atoms with Crippen molar-refractivity contribution in [3.63, 3.8) is 0 Å². The fraction of sp³-hybridized carbons (Fsp3) is 0.333. The summed E-state index contributed by atoms with van der Waals surface area (Å²) in [5, 5.41) is 28.2. The third-order valence-electron chi connectivity index (χ3n) is 1.82. The molecule has 0 fully saturated rings. The number of aryl methyl sites for hydroxylation is 1. The number of aliphatic carboxylic acids is 1. The van der Waals surface area contributed by atoms with Crippen molar-refractivity contribution in [2.75, 3.05) is 0 Å². The molecule has 0 aliphatic rings. The summed E-state index contributed by atoms with van der Waals surface area (Å²) in [6.45, 7) is -0.0278. The van der Waals surface area contributed by atoms with Crippen LogP contribution in [-0.4, -0.2) is 16.2 Å². The molecule has 1 aromatic heterocycles. The topological polar surface area (TPSA) is 84.5 Å². The molecular weight excluding hydrogens is 186 g/mol. The number of carbonyl (C=O) groups is 1. The summed E-state index contributed by atoms with van der Waals surface area (Å²) in [5.41, 5.74) is 0.545. The number of carboxylic acid groups (broad SMARTS) is 1. The van der Waals surface area contributed by atoms with Gasteiger partial charge in [0.05, 0.1) is 0 Å². The van der Waals surface area contributed by atoms with E-state index >= 15 is 0 Å². The number of aliphatic hydroxyl groups excluding tert-OH is 1. The molecule has 5 nitrogen and oxygen atoms in total. The molecule has 1 heterocycles. The number of aromatic nitrogens is 1. The van der Waals surface area contributed by atoms with Gasteiger partial charge in [0.25, 0.3) is 0 Å². The van der Waals surface area contributed by atoms with E-state index in [-0.39, 0.29) is 25.3 Å². The molecule has 0 aliphatic heterocycles. The standard InChI is InChI=1S/C9H11NO4/c11-6-7-1-2-8(12)5-10(7)4-3-9(13)14/h1-2,5,11H,3-4,6H2,(H-,12,13,14). The van der Waals surface area contributed by atoms with Gasteiger partial charge in [0, 0.05) is 18.5 Å². The largest absolute Gasteiger partial charge is 0.550 e. The number of hydrogen-bond acceptors (Lipinski definition) is 4. The third kappa shape index (κ3) is 2.70. The van der Waals surface area contributed by atoms with E-state index in [0.717, 1.165) is 0 Å². The first-order valence-corrected chi connectivity index (χ1v) is 4.15. The Morgan fingerprint density at radius 2 is 2.21 bits per heavy atom. The van der Waals surface area contributed by atoms with Crippen LogP contribution in [0, 0.1) is 0 Å². The highest BCUT2D eigenvalue weighted by molar-refractivity contribution is 5.63.